The summed E-state index contributed by atoms with van der Waals surface area (Å²) in [7, 11) is 0. The average molecular weight is 484 g/mol. The van der Waals surface area contributed by atoms with Crippen molar-refractivity contribution in [2.75, 3.05) is 0 Å². The Hall–Kier alpha value is -3.29. The van der Waals surface area contributed by atoms with E-state index in [0.717, 1.165) is 41.4 Å². The summed E-state index contributed by atoms with van der Waals surface area (Å²) in [5.74, 6) is -0.148. The van der Waals surface area contributed by atoms with Crippen LogP contribution in [0.1, 0.15) is 64.4 Å². The minimum absolute atomic E-state index is 0.0626. The molecule has 182 valence electrons. The second kappa shape index (κ2) is 8.43. The average Bonchev–Trinajstić information content (AvgIpc) is 2.80. The molecule has 3 heterocycles. The largest absolute Gasteiger partial charge is 0.416 e. The van der Waals surface area contributed by atoms with Gasteiger partial charge in [0.1, 0.15) is 11.6 Å². The van der Waals surface area contributed by atoms with E-state index in [1.54, 1.807) is 24.0 Å². The minimum Gasteiger partial charge on any atom is -0.326 e. The van der Waals surface area contributed by atoms with Gasteiger partial charge in [-0.25, -0.2) is 14.4 Å². The van der Waals surface area contributed by atoms with Crippen LogP contribution in [0.4, 0.5) is 17.6 Å². The topological polar surface area (TPSA) is 46.1 Å². The molecule has 0 radical (unpaired) electrons. The first-order chi connectivity index (χ1) is 16.6. The number of aromatic nitrogens is 2. The van der Waals surface area contributed by atoms with Gasteiger partial charge >= 0.3 is 6.18 Å². The summed E-state index contributed by atoms with van der Waals surface area (Å²) < 4.78 is 54.2. The Balaban J connectivity index is 1.63. The first-order valence-electron chi connectivity index (χ1n) is 11.7. The third kappa shape index (κ3) is 3.98. The van der Waals surface area contributed by atoms with E-state index in [2.05, 4.69) is 4.98 Å². The zero-order valence-electron chi connectivity index (χ0n) is 19.7. The first kappa shape index (κ1) is 23.5. The van der Waals surface area contributed by atoms with Crippen LogP contribution in [-0.2, 0) is 12.6 Å². The van der Waals surface area contributed by atoms with Crippen LogP contribution < -0.4 is 0 Å². The number of carbonyl (C=O) groups is 1. The number of carbonyl (C=O) groups excluding carboxylic acids is 1. The Kier molecular flexibility index (Phi) is 5.65. The highest BCUT2D eigenvalue weighted by Gasteiger charge is 2.46. The summed E-state index contributed by atoms with van der Waals surface area (Å²) >= 11 is 0. The molecular formula is C27H25F4N3O. The molecule has 2 aromatic carbocycles. The fourth-order valence-electron chi connectivity index (χ4n) is 5.61. The molecule has 2 aliphatic rings. The van der Waals surface area contributed by atoms with Gasteiger partial charge in [-0.05, 0) is 81.0 Å². The van der Waals surface area contributed by atoms with Crippen LogP contribution in [0.5, 0.6) is 0 Å². The van der Waals surface area contributed by atoms with Gasteiger partial charge in [-0.2, -0.15) is 13.2 Å². The maximum atomic E-state index is 13.8. The van der Waals surface area contributed by atoms with E-state index in [-0.39, 0.29) is 34.9 Å². The van der Waals surface area contributed by atoms with Crippen LogP contribution in [0.25, 0.3) is 11.3 Å². The van der Waals surface area contributed by atoms with Crippen LogP contribution in [-0.4, -0.2) is 26.8 Å². The maximum Gasteiger partial charge on any atom is 0.416 e. The van der Waals surface area contributed by atoms with Crippen molar-refractivity contribution >= 4 is 5.91 Å². The molecule has 5 rings (SSSR count). The molecule has 4 nitrogen and oxygen atoms in total. The van der Waals surface area contributed by atoms with Gasteiger partial charge in [-0.1, -0.05) is 13.0 Å². The number of nitrogens with zero attached hydrogens (tertiary/aromatic N) is 3. The van der Waals surface area contributed by atoms with Crippen LogP contribution in [0.3, 0.4) is 0 Å². The fraction of sp³-hybridized carbons (Fsp3) is 0.370. The number of amides is 1. The molecule has 3 aromatic rings. The van der Waals surface area contributed by atoms with Crippen molar-refractivity contribution < 1.29 is 22.4 Å². The zero-order chi connectivity index (χ0) is 25.1. The summed E-state index contributed by atoms with van der Waals surface area (Å²) in [6.45, 7) is 5.17. The number of hydrogen-bond acceptors (Lipinski definition) is 3. The summed E-state index contributed by atoms with van der Waals surface area (Å²) in [6.07, 6.45) is -2.42. The molecule has 0 saturated carbocycles. The van der Waals surface area contributed by atoms with E-state index < -0.39 is 17.6 Å². The monoisotopic (exact) mass is 483 g/mol. The van der Waals surface area contributed by atoms with Crippen molar-refractivity contribution in [1.29, 1.82) is 0 Å². The highest BCUT2D eigenvalue weighted by molar-refractivity contribution is 5.97. The lowest BCUT2D eigenvalue weighted by Gasteiger charge is -2.49. The molecule has 2 aliphatic heterocycles. The molecule has 1 aromatic heterocycles. The Morgan fingerprint density at radius 1 is 1.03 bits per heavy atom. The van der Waals surface area contributed by atoms with Crippen LogP contribution in [0.15, 0.2) is 42.5 Å². The Morgan fingerprint density at radius 3 is 2.43 bits per heavy atom. The third-order valence-corrected chi connectivity index (χ3v) is 7.28. The van der Waals surface area contributed by atoms with Crippen molar-refractivity contribution in [3.05, 3.63) is 82.1 Å². The zero-order valence-corrected chi connectivity index (χ0v) is 19.7. The fourth-order valence-corrected chi connectivity index (χ4v) is 5.61. The number of rotatable bonds is 2. The quantitative estimate of drug-likeness (QED) is 0.393. The summed E-state index contributed by atoms with van der Waals surface area (Å²) in [5, 5.41) is 0. The van der Waals surface area contributed by atoms with E-state index in [4.69, 9.17) is 4.98 Å². The minimum atomic E-state index is -4.54. The molecule has 2 bridgehead atoms. The molecule has 1 fully saturated rings. The lowest BCUT2D eigenvalue weighted by molar-refractivity contribution is -0.138. The highest BCUT2D eigenvalue weighted by Crippen LogP contribution is 2.47. The Labute approximate surface area is 201 Å². The first-order valence-corrected chi connectivity index (χ1v) is 11.7. The van der Waals surface area contributed by atoms with Gasteiger partial charge in [0.05, 0.1) is 23.0 Å². The van der Waals surface area contributed by atoms with Gasteiger partial charge in [0.2, 0.25) is 0 Å². The second-order valence-corrected chi connectivity index (χ2v) is 9.54. The van der Waals surface area contributed by atoms with E-state index in [0.29, 0.717) is 12.2 Å². The third-order valence-electron chi connectivity index (χ3n) is 7.28. The van der Waals surface area contributed by atoms with Gasteiger partial charge < -0.3 is 4.90 Å². The molecule has 0 aliphatic carbocycles. The number of hydrogen-bond donors (Lipinski definition) is 0. The smallest absolute Gasteiger partial charge is 0.326 e. The van der Waals surface area contributed by atoms with Crippen LogP contribution in [0.2, 0.25) is 0 Å². The van der Waals surface area contributed by atoms with Crippen molar-refractivity contribution in [3.8, 4) is 11.3 Å². The molecule has 3 atom stereocenters. The number of halogens is 4. The molecule has 8 heteroatoms. The van der Waals surface area contributed by atoms with Gasteiger partial charge in [0, 0.05) is 22.7 Å². The molecule has 1 amide bonds. The van der Waals surface area contributed by atoms with Crippen LogP contribution in [0, 0.1) is 25.6 Å². The summed E-state index contributed by atoms with van der Waals surface area (Å²) in [4.78, 5) is 25.0. The van der Waals surface area contributed by atoms with Gasteiger partial charge in [0.25, 0.3) is 5.91 Å². The normalized spacial score (nSPS) is 21.6. The van der Waals surface area contributed by atoms with Gasteiger partial charge in [-0.15, -0.1) is 0 Å². The maximum absolute atomic E-state index is 13.8. The Bertz CT molecular complexity index is 1300. The molecule has 1 unspecified atom stereocenters. The van der Waals surface area contributed by atoms with E-state index in [9.17, 15) is 22.4 Å². The number of piperidine rings is 1. The molecule has 0 N–H and O–H groups in total. The number of aryl methyl sites for hydroxylation is 1. The summed E-state index contributed by atoms with van der Waals surface area (Å²) in [5.41, 5.74) is 2.36. The second-order valence-electron chi connectivity index (χ2n) is 9.54. The molecule has 35 heavy (non-hydrogen) atoms. The lowest BCUT2D eigenvalue weighted by Crippen LogP contribution is -2.53. The lowest BCUT2D eigenvalue weighted by atomic mass is 9.75. The van der Waals surface area contributed by atoms with Gasteiger partial charge in [-0.3, -0.25) is 4.79 Å². The summed E-state index contributed by atoms with van der Waals surface area (Å²) in [6, 6.07) is 9.34. The number of benzene rings is 2. The van der Waals surface area contributed by atoms with E-state index in [1.165, 1.54) is 31.2 Å². The SMILES string of the molecule is Cc1nc(-c2ccc(F)cc2)c2c(n1)C1[C@H](C)CC[C@@H](C2)N1C(=O)c1cccc(C(F)(F)F)c1C. The van der Waals surface area contributed by atoms with Crippen LogP contribution >= 0.6 is 0 Å². The van der Waals surface area contributed by atoms with E-state index in [1.807, 2.05) is 6.92 Å². The Morgan fingerprint density at radius 2 is 1.74 bits per heavy atom. The highest BCUT2D eigenvalue weighted by atomic mass is 19.4. The van der Waals surface area contributed by atoms with E-state index >= 15 is 0 Å². The van der Waals surface area contributed by atoms with Crippen molar-refractivity contribution in [1.82, 2.24) is 14.9 Å². The number of alkyl halides is 3. The molecule has 1 saturated heterocycles. The van der Waals surface area contributed by atoms with Crippen molar-refractivity contribution in [2.24, 2.45) is 5.92 Å². The van der Waals surface area contributed by atoms with Gasteiger partial charge in [0.15, 0.2) is 0 Å². The molecule has 0 spiro atoms. The molecular weight excluding hydrogens is 458 g/mol. The predicted molar refractivity (Wildman–Crippen MR) is 123 cm³/mol. The van der Waals surface area contributed by atoms with Crippen molar-refractivity contribution in [3.63, 3.8) is 0 Å². The predicted octanol–water partition coefficient (Wildman–Crippen LogP) is 6.46. The standard InChI is InChI=1S/C27H25F4N3O/c1-14-7-12-19-13-21-23(17-8-10-18(28)11-9-17)32-16(3)33-24(21)25(14)34(19)26(35)20-5-4-6-22(15(20)2)27(29,30)31/h4-6,8-11,14,19,25H,7,12-13H2,1-3H3/t14-,19+,25?/m1/s1. The van der Waals surface area contributed by atoms with Crippen molar-refractivity contribution in [2.45, 2.75) is 58.3 Å². The number of fused-ring (bicyclic) bond motifs is 4.